The number of methoxy groups -OCH3 is 3. The van der Waals surface area contributed by atoms with Crippen LogP contribution in [0.3, 0.4) is 0 Å². The molecule has 0 saturated heterocycles. The zero-order valence-electron chi connectivity index (χ0n) is 11.9. The molecule has 104 valence electrons. The average molecular weight is 248 g/mol. The molecule has 0 radical (unpaired) electrons. The Morgan fingerprint density at radius 3 is 1.88 bits per heavy atom. The molecule has 2 atom stereocenters. The molecular formula is C12H28N2O3. The molecule has 0 aliphatic heterocycles. The van der Waals surface area contributed by atoms with Gasteiger partial charge in [0.15, 0.2) is 0 Å². The number of nitrogens with two attached hydrogens (primary N) is 1. The highest BCUT2D eigenvalue weighted by atomic mass is 16.5. The molecule has 0 heterocycles. The van der Waals surface area contributed by atoms with Crippen LogP contribution in [0, 0.1) is 0 Å². The summed E-state index contributed by atoms with van der Waals surface area (Å²) in [5.74, 6) is 0. The van der Waals surface area contributed by atoms with Crippen LogP contribution in [-0.2, 0) is 14.2 Å². The van der Waals surface area contributed by atoms with Gasteiger partial charge in [0.2, 0.25) is 0 Å². The van der Waals surface area contributed by atoms with Crippen LogP contribution in [-0.4, -0.2) is 70.7 Å². The number of rotatable bonds is 10. The summed E-state index contributed by atoms with van der Waals surface area (Å²) >= 11 is 0. The van der Waals surface area contributed by atoms with E-state index in [1.165, 1.54) is 0 Å². The molecule has 17 heavy (non-hydrogen) atoms. The van der Waals surface area contributed by atoms with Crippen molar-refractivity contribution in [1.82, 2.24) is 4.90 Å². The highest BCUT2D eigenvalue weighted by Gasteiger charge is 2.36. The molecule has 0 spiro atoms. The van der Waals surface area contributed by atoms with Crippen LogP contribution >= 0.6 is 0 Å². The Labute approximate surface area is 105 Å². The van der Waals surface area contributed by atoms with Gasteiger partial charge in [-0.1, -0.05) is 0 Å². The minimum absolute atomic E-state index is 0.0567. The molecule has 0 aromatic heterocycles. The Morgan fingerprint density at radius 2 is 1.59 bits per heavy atom. The van der Waals surface area contributed by atoms with Crippen molar-refractivity contribution in [3.63, 3.8) is 0 Å². The van der Waals surface area contributed by atoms with Gasteiger partial charge in [0, 0.05) is 41.0 Å². The summed E-state index contributed by atoms with van der Waals surface area (Å²) in [6, 6.07) is 0. The smallest absolute Gasteiger partial charge is 0.0736 e. The minimum Gasteiger partial charge on any atom is -0.383 e. The summed E-state index contributed by atoms with van der Waals surface area (Å²) in [4.78, 5) is 2.27. The van der Waals surface area contributed by atoms with Crippen molar-refractivity contribution >= 4 is 0 Å². The quantitative estimate of drug-likeness (QED) is 0.604. The molecule has 0 aromatic carbocycles. The molecule has 2 unspecified atom stereocenters. The van der Waals surface area contributed by atoms with E-state index in [1.54, 1.807) is 21.3 Å². The second kappa shape index (κ2) is 8.83. The Morgan fingerprint density at radius 1 is 1.12 bits per heavy atom. The highest BCUT2D eigenvalue weighted by Crippen LogP contribution is 2.20. The van der Waals surface area contributed by atoms with Crippen molar-refractivity contribution in [2.75, 3.05) is 54.2 Å². The molecule has 0 bridgehead atoms. The summed E-state index contributed by atoms with van der Waals surface area (Å²) in [6.45, 7) is 7.69. The van der Waals surface area contributed by atoms with Crippen LogP contribution in [0.2, 0.25) is 0 Å². The zero-order chi connectivity index (χ0) is 13.3. The van der Waals surface area contributed by atoms with E-state index in [4.69, 9.17) is 19.9 Å². The van der Waals surface area contributed by atoms with Gasteiger partial charge in [-0.3, -0.25) is 4.90 Å². The van der Waals surface area contributed by atoms with Gasteiger partial charge in [0.1, 0.15) is 0 Å². The van der Waals surface area contributed by atoms with Gasteiger partial charge in [0.05, 0.1) is 24.9 Å². The van der Waals surface area contributed by atoms with Crippen LogP contribution in [0.4, 0.5) is 0 Å². The summed E-state index contributed by atoms with van der Waals surface area (Å²) in [6.07, 6.45) is 0.0567. The topological polar surface area (TPSA) is 57.0 Å². The van der Waals surface area contributed by atoms with Gasteiger partial charge in [-0.2, -0.15) is 0 Å². The van der Waals surface area contributed by atoms with E-state index in [2.05, 4.69) is 11.8 Å². The van der Waals surface area contributed by atoms with E-state index in [1.807, 2.05) is 6.92 Å². The summed E-state index contributed by atoms with van der Waals surface area (Å²) in [5, 5.41) is 0. The van der Waals surface area contributed by atoms with Crippen molar-refractivity contribution in [2.45, 2.75) is 25.5 Å². The van der Waals surface area contributed by atoms with Crippen molar-refractivity contribution in [1.29, 1.82) is 0 Å². The second-order valence-corrected chi connectivity index (χ2v) is 4.41. The van der Waals surface area contributed by atoms with Crippen molar-refractivity contribution < 1.29 is 14.2 Å². The first-order valence-electron chi connectivity index (χ1n) is 6.02. The zero-order valence-corrected chi connectivity index (χ0v) is 11.9. The predicted octanol–water partition coefficient (Wildman–Crippen LogP) is 0.334. The lowest BCUT2D eigenvalue weighted by Crippen LogP contribution is -2.60. The van der Waals surface area contributed by atoms with Gasteiger partial charge in [-0.15, -0.1) is 0 Å². The largest absolute Gasteiger partial charge is 0.383 e. The summed E-state index contributed by atoms with van der Waals surface area (Å²) in [7, 11) is 5.12. The van der Waals surface area contributed by atoms with E-state index in [0.717, 1.165) is 13.1 Å². The maximum atomic E-state index is 5.92. The number of hydrogen-bond acceptors (Lipinski definition) is 5. The SMILES string of the molecule is COCCN(CCOC)C(C)(CN)C(C)OC. The molecule has 0 aliphatic carbocycles. The van der Waals surface area contributed by atoms with Crippen molar-refractivity contribution in [2.24, 2.45) is 5.73 Å². The van der Waals surface area contributed by atoms with Gasteiger partial charge >= 0.3 is 0 Å². The Kier molecular flexibility index (Phi) is 8.72. The van der Waals surface area contributed by atoms with Gasteiger partial charge < -0.3 is 19.9 Å². The van der Waals surface area contributed by atoms with E-state index >= 15 is 0 Å². The molecule has 5 heteroatoms. The molecule has 0 aromatic rings. The average Bonchev–Trinajstić information content (AvgIpc) is 2.37. The Hall–Kier alpha value is -0.200. The molecular weight excluding hydrogens is 220 g/mol. The first-order valence-corrected chi connectivity index (χ1v) is 6.02. The fourth-order valence-electron chi connectivity index (χ4n) is 1.83. The lowest BCUT2D eigenvalue weighted by Gasteiger charge is -2.44. The number of nitrogens with zero attached hydrogens (tertiary/aromatic N) is 1. The van der Waals surface area contributed by atoms with E-state index in [0.29, 0.717) is 19.8 Å². The third kappa shape index (κ3) is 4.89. The monoisotopic (exact) mass is 248 g/mol. The second-order valence-electron chi connectivity index (χ2n) is 4.41. The fourth-order valence-corrected chi connectivity index (χ4v) is 1.83. The summed E-state index contributed by atoms with van der Waals surface area (Å²) < 4.78 is 15.7. The molecule has 0 fully saturated rings. The van der Waals surface area contributed by atoms with Crippen LogP contribution in [0.5, 0.6) is 0 Å². The van der Waals surface area contributed by atoms with Crippen molar-refractivity contribution in [3.8, 4) is 0 Å². The lowest BCUT2D eigenvalue weighted by molar-refractivity contribution is -0.0462. The lowest BCUT2D eigenvalue weighted by atomic mass is 9.93. The normalized spacial score (nSPS) is 17.1. The number of hydrogen-bond donors (Lipinski definition) is 1. The Balaban J connectivity index is 4.67. The van der Waals surface area contributed by atoms with Crippen LogP contribution in [0.25, 0.3) is 0 Å². The van der Waals surface area contributed by atoms with Gasteiger partial charge in [-0.25, -0.2) is 0 Å². The molecule has 2 N–H and O–H groups in total. The first kappa shape index (κ1) is 16.8. The van der Waals surface area contributed by atoms with Gasteiger partial charge in [-0.05, 0) is 13.8 Å². The highest BCUT2D eigenvalue weighted by molar-refractivity contribution is 4.93. The molecule has 5 nitrogen and oxygen atoms in total. The Bertz CT molecular complexity index is 185. The standard InChI is InChI=1S/C12H28N2O3/c1-11(17-5)12(2,10-13)14(6-8-15-3)7-9-16-4/h11H,6-10,13H2,1-5H3. The maximum Gasteiger partial charge on any atom is 0.0736 e. The van der Waals surface area contributed by atoms with Crippen molar-refractivity contribution in [3.05, 3.63) is 0 Å². The van der Waals surface area contributed by atoms with Crippen LogP contribution in [0.15, 0.2) is 0 Å². The molecule has 0 saturated carbocycles. The summed E-state index contributed by atoms with van der Waals surface area (Å²) in [5.41, 5.74) is 5.72. The van der Waals surface area contributed by atoms with Crippen LogP contribution in [0.1, 0.15) is 13.8 Å². The predicted molar refractivity (Wildman–Crippen MR) is 69.3 cm³/mol. The first-order chi connectivity index (χ1) is 8.06. The molecule has 0 rings (SSSR count). The fraction of sp³-hybridized carbons (Fsp3) is 1.00. The third-order valence-corrected chi connectivity index (χ3v) is 3.50. The third-order valence-electron chi connectivity index (χ3n) is 3.50. The van der Waals surface area contributed by atoms with Gasteiger partial charge in [0.25, 0.3) is 0 Å². The van der Waals surface area contributed by atoms with Crippen LogP contribution < -0.4 is 5.73 Å². The molecule has 0 amide bonds. The van der Waals surface area contributed by atoms with E-state index in [-0.39, 0.29) is 11.6 Å². The minimum atomic E-state index is -0.203. The maximum absolute atomic E-state index is 5.92. The van der Waals surface area contributed by atoms with E-state index in [9.17, 15) is 0 Å². The molecule has 0 aliphatic rings. The van der Waals surface area contributed by atoms with E-state index < -0.39 is 0 Å². The number of ether oxygens (including phenoxy) is 3.